The van der Waals surface area contributed by atoms with Gasteiger partial charge in [-0.2, -0.15) is 13.2 Å². The average molecular weight is 281 g/mol. The van der Waals surface area contributed by atoms with Gasteiger partial charge in [0.25, 0.3) is 0 Å². The van der Waals surface area contributed by atoms with Gasteiger partial charge < -0.3 is 10.5 Å². The molecule has 0 unspecified atom stereocenters. The number of halogens is 3. The van der Waals surface area contributed by atoms with Gasteiger partial charge in [0.05, 0.1) is 12.8 Å². The SMILES string of the molecule is COc1c(N)c(-c2ccccc2)cc(C)c1C(F)(F)F. The molecule has 2 aromatic rings. The lowest BCUT2D eigenvalue weighted by Gasteiger charge is -2.19. The maximum Gasteiger partial charge on any atom is 0.420 e. The summed E-state index contributed by atoms with van der Waals surface area (Å²) in [6.45, 7) is 1.40. The lowest BCUT2D eigenvalue weighted by Crippen LogP contribution is -2.12. The lowest BCUT2D eigenvalue weighted by molar-refractivity contribution is -0.139. The Hall–Kier alpha value is -2.17. The number of hydrogen-bond acceptors (Lipinski definition) is 2. The smallest absolute Gasteiger partial charge is 0.420 e. The third-order valence-electron chi connectivity index (χ3n) is 3.09. The highest BCUT2D eigenvalue weighted by molar-refractivity contribution is 5.83. The van der Waals surface area contributed by atoms with E-state index in [0.29, 0.717) is 5.56 Å². The van der Waals surface area contributed by atoms with Crippen molar-refractivity contribution in [2.75, 3.05) is 12.8 Å². The Balaban J connectivity index is 2.74. The van der Waals surface area contributed by atoms with E-state index in [9.17, 15) is 13.2 Å². The van der Waals surface area contributed by atoms with Crippen LogP contribution in [0.4, 0.5) is 18.9 Å². The molecule has 20 heavy (non-hydrogen) atoms. The molecule has 2 N–H and O–H groups in total. The number of anilines is 1. The quantitative estimate of drug-likeness (QED) is 0.834. The Kier molecular flexibility index (Phi) is 3.61. The molecule has 106 valence electrons. The molecule has 0 aromatic heterocycles. The molecule has 5 heteroatoms. The molecule has 0 bridgehead atoms. The van der Waals surface area contributed by atoms with Crippen LogP contribution in [0.15, 0.2) is 36.4 Å². The van der Waals surface area contributed by atoms with Crippen molar-refractivity contribution in [3.63, 3.8) is 0 Å². The minimum Gasteiger partial charge on any atom is -0.494 e. The van der Waals surface area contributed by atoms with Gasteiger partial charge in [-0.05, 0) is 24.1 Å². The topological polar surface area (TPSA) is 35.2 Å². The van der Waals surface area contributed by atoms with Crippen LogP contribution in [0.1, 0.15) is 11.1 Å². The second kappa shape index (κ2) is 5.07. The molecule has 0 fully saturated rings. The van der Waals surface area contributed by atoms with Gasteiger partial charge in [-0.25, -0.2) is 0 Å². The van der Waals surface area contributed by atoms with Crippen molar-refractivity contribution in [3.05, 3.63) is 47.5 Å². The van der Waals surface area contributed by atoms with Gasteiger partial charge in [0.2, 0.25) is 0 Å². The van der Waals surface area contributed by atoms with Gasteiger partial charge in [-0.3, -0.25) is 0 Å². The summed E-state index contributed by atoms with van der Waals surface area (Å²) in [7, 11) is 1.19. The molecule has 2 nitrogen and oxygen atoms in total. The predicted molar refractivity (Wildman–Crippen MR) is 72.6 cm³/mol. The summed E-state index contributed by atoms with van der Waals surface area (Å²) >= 11 is 0. The molecule has 0 radical (unpaired) electrons. The molecule has 0 aliphatic carbocycles. The summed E-state index contributed by atoms with van der Waals surface area (Å²) < 4.78 is 44.1. The molecule has 2 aromatic carbocycles. The van der Waals surface area contributed by atoms with E-state index < -0.39 is 11.7 Å². The molecule has 0 heterocycles. The largest absolute Gasteiger partial charge is 0.494 e. The predicted octanol–water partition coefficient (Wildman–Crippen LogP) is 4.27. The van der Waals surface area contributed by atoms with Crippen LogP contribution in [0.2, 0.25) is 0 Å². The minimum atomic E-state index is -4.50. The third kappa shape index (κ3) is 2.43. The highest BCUT2D eigenvalue weighted by Gasteiger charge is 2.37. The van der Waals surface area contributed by atoms with Gasteiger partial charge in [0.1, 0.15) is 5.56 Å². The molecule has 0 saturated carbocycles. The fourth-order valence-corrected chi connectivity index (χ4v) is 2.22. The van der Waals surface area contributed by atoms with E-state index in [2.05, 4.69) is 0 Å². The maximum atomic E-state index is 13.1. The van der Waals surface area contributed by atoms with Gasteiger partial charge in [-0.1, -0.05) is 30.3 Å². The van der Waals surface area contributed by atoms with Crippen LogP contribution in [-0.2, 0) is 6.18 Å². The molecule has 0 spiro atoms. The van der Waals surface area contributed by atoms with Crippen molar-refractivity contribution in [2.45, 2.75) is 13.1 Å². The van der Waals surface area contributed by atoms with Crippen molar-refractivity contribution in [1.82, 2.24) is 0 Å². The van der Waals surface area contributed by atoms with Crippen molar-refractivity contribution in [1.29, 1.82) is 0 Å². The highest BCUT2D eigenvalue weighted by atomic mass is 19.4. The molecule has 2 rings (SSSR count). The number of alkyl halides is 3. The van der Waals surface area contributed by atoms with Crippen LogP contribution in [-0.4, -0.2) is 7.11 Å². The molecule has 0 aliphatic heterocycles. The van der Waals surface area contributed by atoms with Gasteiger partial charge in [-0.15, -0.1) is 0 Å². The number of methoxy groups -OCH3 is 1. The Morgan fingerprint density at radius 1 is 1.10 bits per heavy atom. The number of nitrogens with two attached hydrogens (primary N) is 1. The van der Waals surface area contributed by atoms with Crippen molar-refractivity contribution in [2.24, 2.45) is 0 Å². The standard InChI is InChI=1S/C15H14F3NO/c1-9-8-11(10-6-4-3-5-7-10)13(19)14(20-2)12(9)15(16,17)18/h3-8H,19H2,1-2H3. The normalized spacial score (nSPS) is 11.4. The number of benzene rings is 2. The first-order chi connectivity index (χ1) is 9.36. The molecule has 0 atom stereocenters. The zero-order chi connectivity index (χ0) is 14.9. The van der Waals surface area contributed by atoms with E-state index in [-0.39, 0.29) is 17.0 Å². The van der Waals surface area contributed by atoms with Gasteiger partial charge >= 0.3 is 6.18 Å². The van der Waals surface area contributed by atoms with E-state index in [1.165, 1.54) is 20.1 Å². The summed E-state index contributed by atoms with van der Waals surface area (Å²) in [4.78, 5) is 0. The minimum absolute atomic E-state index is 0.00313. The van der Waals surface area contributed by atoms with Gasteiger partial charge in [0, 0.05) is 5.56 Å². The van der Waals surface area contributed by atoms with Gasteiger partial charge in [0.15, 0.2) is 5.75 Å². The van der Waals surface area contributed by atoms with Crippen molar-refractivity contribution >= 4 is 5.69 Å². The third-order valence-corrected chi connectivity index (χ3v) is 3.09. The molecular formula is C15H14F3NO. The average Bonchev–Trinajstić information content (AvgIpc) is 2.40. The van der Waals surface area contributed by atoms with E-state index >= 15 is 0 Å². The fourth-order valence-electron chi connectivity index (χ4n) is 2.22. The first kappa shape index (κ1) is 14.2. The van der Waals surface area contributed by atoms with E-state index in [0.717, 1.165) is 5.56 Å². The fraction of sp³-hybridized carbons (Fsp3) is 0.200. The van der Waals surface area contributed by atoms with Crippen LogP contribution in [0, 0.1) is 6.92 Å². The van der Waals surface area contributed by atoms with Crippen LogP contribution >= 0.6 is 0 Å². The Labute approximate surface area is 115 Å². The van der Waals surface area contributed by atoms with Crippen molar-refractivity contribution < 1.29 is 17.9 Å². The zero-order valence-corrected chi connectivity index (χ0v) is 11.1. The molecule has 0 saturated heterocycles. The summed E-state index contributed by atoms with van der Waals surface area (Å²) in [5, 5.41) is 0. The number of rotatable bonds is 2. The summed E-state index contributed by atoms with van der Waals surface area (Å²) in [6, 6.07) is 10.4. The first-order valence-electron chi connectivity index (χ1n) is 5.96. The van der Waals surface area contributed by atoms with Crippen LogP contribution < -0.4 is 10.5 Å². The number of ether oxygens (including phenoxy) is 1. The van der Waals surface area contributed by atoms with E-state index in [1.54, 1.807) is 24.3 Å². The second-order valence-corrected chi connectivity index (χ2v) is 4.43. The Bertz CT molecular complexity index is 621. The number of nitrogen functional groups attached to an aromatic ring is 1. The van der Waals surface area contributed by atoms with E-state index in [1.807, 2.05) is 6.07 Å². The van der Waals surface area contributed by atoms with Crippen LogP contribution in [0.5, 0.6) is 5.75 Å². The Morgan fingerprint density at radius 2 is 1.70 bits per heavy atom. The lowest BCUT2D eigenvalue weighted by atomic mass is 9.96. The summed E-state index contributed by atoms with van der Waals surface area (Å²) in [6.07, 6.45) is -4.50. The first-order valence-corrected chi connectivity index (χ1v) is 5.96. The Morgan fingerprint density at radius 3 is 2.20 bits per heavy atom. The summed E-state index contributed by atoms with van der Waals surface area (Å²) in [5.74, 6) is -0.323. The van der Waals surface area contributed by atoms with E-state index in [4.69, 9.17) is 10.5 Å². The highest BCUT2D eigenvalue weighted by Crippen LogP contribution is 2.45. The van der Waals surface area contributed by atoms with Crippen molar-refractivity contribution in [3.8, 4) is 16.9 Å². The zero-order valence-electron chi connectivity index (χ0n) is 11.1. The number of aryl methyl sites for hydroxylation is 1. The van der Waals surface area contributed by atoms with Crippen LogP contribution in [0.3, 0.4) is 0 Å². The number of hydrogen-bond donors (Lipinski definition) is 1. The monoisotopic (exact) mass is 281 g/mol. The summed E-state index contributed by atoms with van der Waals surface area (Å²) in [5.41, 5.74) is 6.41. The molecule has 0 amide bonds. The van der Waals surface area contributed by atoms with Crippen LogP contribution in [0.25, 0.3) is 11.1 Å². The molecular weight excluding hydrogens is 267 g/mol. The second-order valence-electron chi connectivity index (χ2n) is 4.43. The maximum absolute atomic E-state index is 13.1. The molecule has 0 aliphatic rings.